The zero-order chi connectivity index (χ0) is 28.7. The summed E-state index contributed by atoms with van der Waals surface area (Å²) in [6.45, 7) is 2.66. The molecule has 0 saturated carbocycles. The molecule has 0 aromatic heterocycles. The average molecular weight is 1050 g/mol. The van der Waals surface area contributed by atoms with Crippen molar-refractivity contribution in [3.63, 3.8) is 0 Å². The summed E-state index contributed by atoms with van der Waals surface area (Å²) in [4.78, 5) is 0. The first-order valence-corrected chi connectivity index (χ1v) is 28.6. The molecule has 2 nitrogen and oxygen atoms in total. The van der Waals surface area contributed by atoms with Gasteiger partial charge in [0.1, 0.15) is 12.4 Å². The number of benzene rings is 2. The fourth-order valence-electron chi connectivity index (χ4n) is 3.34. The van der Waals surface area contributed by atoms with Crippen LogP contribution in [0.15, 0.2) is 54.6 Å². The van der Waals surface area contributed by atoms with Crippen LogP contribution in [-0.4, -0.2) is 38.1 Å². The molecule has 1 atom stereocenters. The van der Waals surface area contributed by atoms with Gasteiger partial charge in [-0.05, 0) is 42.8 Å². The van der Waals surface area contributed by atoms with Gasteiger partial charge < -0.3 is 14.5 Å². The van der Waals surface area contributed by atoms with Crippen molar-refractivity contribution in [1.29, 1.82) is 0 Å². The van der Waals surface area contributed by atoms with Crippen LogP contribution in [0.4, 0.5) is 14.1 Å². The molecule has 0 radical (unpaired) electrons. The molecular weight excluding hydrogens is 1010 g/mol. The van der Waals surface area contributed by atoms with Gasteiger partial charge in [-0.3, -0.25) is 0 Å². The molecule has 1 N–H and O–H groups in total. The topological polar surface area (TPSA) is 29.5 Å². The Hall–Kier alpha value is 1.37. The molecule has 2 aromatic carbocycles. The Kier molecular flexibility index (Phi) is 28.2. The summed E-state index contributed by atoms with van der Waals surface area (Å²) >= 11 is -4.58. The molecule has 2 rings (SSSR count). The van der Waals surface area contributed by atoms with Gasteiger partial charge in [-0.25, -0.2) is 0 Å². The van der Waals surface area contributed by atoms with E-state index in [-0.39, 0.29) is 32.0 Å². The van der Waals surface area contributed by atoms with Crippen molar-refractivity contribution in [2.45, 2.75) is 83.7 Å². The van der Waals surface area contributed by atoms with Gasteiger partial charge in [-0.15, -0.1) is 0 Å². The maximum atomic E-state index is 10.2. The number of aliphatic hydroxyl groups excluding tert-OH is 1. The first-order chi connectivity index (χ1) is 17.9. The van der Waals surface area contributed by atoms with Gasteiger partial charge in [0.05, 0.1) is 6.10 Å². The molecule has 0 saturated heterocycles. The van der Waals surface area contributed by atoms with Gasteiger partial charge in [-0.1, -0.05) is 89.3 Å². The quantitative estimate of drug-likeness (QED) is 0.118. The van der Waals surface area contributed by atoms with E-state index in [1.807, 2.05) is 12.1 Å². The minimum atomic E-state index is -9.19. The van der Waals surface area contributed by atoms with Gasteiger partial charge in [-0.2, -0.15) is 0 Å². The standard InChI is InChI=1S/C26H38IO2.6FH.2HI.Sb.V/c1-2-3-4-5-6-7-8-9-10-14-17-25(28)22-29-26-20-18-24(19-21-26)27-23-15-12-11-13-16-23;;;;;;;;;;/h11-13,15-16,18-21,25,28H,2-10,14,17,22H2,1H3;8*1H;;/q+1;;;;;;;;;+5;+2/p-8. The third-order valence-corrected chi connectivity index (χ3v) is 7.78. The minimum absolute atomic E-state index is 0. The second-order valence-electron chi connectivity index (χ2n) is 8.48. The Morgan fingerprint density at radius 2 is 1.18 bits per heavy atom. The average Bonchev–Trinajstić information content (AvgIpc) is 2.84. The van der Waals surface area contributed by atoms with E-state index in [1.54, 1.807) is 0 Å². The van der Waals surface area contributed by atoms with E-state index in [2.05, 4.69) is 89.3 Å². The van der Waals surface area contributed by atoms with Crippen LogP contribution >= 0.6 is 40.0 Å². The van der Waals surface area contributed by atoms with Gasteiger partial charge >= 0.3 is 105 Å². The zero-order valence-corrected chi connectivity index (χ0v) is 32.3. The molecule has 0 aliphatic carbocycles. The normalized spacial score (nSPS) is 12.3. The maximum absolute atomic E-state index is 10.2. The molecule has 0 aliphatic rings. The molecule has 1 unspecified atom stereocenters. The van der Waals surface area contributed by atoms with Crippen LogP contribution in [0.3, 0.4) is 0 Å². The Morgan fingerprint density at radius 1 is 0.769 bits per heavy atom. The van der Waals surface area contributed by atoms with Crippen LogP contribution in [0.2, 0.25) is 0 Å². The first kappa shape index (κ1) is 42.5. The molecular formula is C26H38F6I3O2SbV. The summed E-state index contributed by atoms with van der Waals surface area (Å²) in [6.07, 6.45) is 13.7. The Labute approximate surface area is 273 Å². The van der Waals surface area contributed by atoms with Crippen molar-refractivity contribution in [3.05, 3.63) is 61.7 Å². The summed E-state index contributed by atoms with van der Waals surface area (Å²) in [5.41, 5.74) is 0. The van der Waals surface area contributed by atoms with Crippen molar-refractivity contribution < 1.29 is 59.3 Å². The fourth-order valence-corrected chi connectivity index (χ4v) is 5.55. The fraction of sp³-hybridized carbons (Fsp3) is 0.538. The van der Waals surface area contributed by atoms with Crippen LogP contribution in [-0.2, 0) is 9.47 Å². The van der Waals surface area contributed by atoms with Crippen molar-refractivity contribution in [1.82, 2.24) is 0 Å². The van der Waals surface area contributed by atoms with Crippen LogP contribution in [0.25, 0.3) is 0 Å². The summed E-state index contributed by atoms with van der Waals surface area (Å²) in [5, 5.41) is 10.2. The number of hydrogen-bond donors (Lipinski definition) is 1. The zero-order valence-electron chi connectivity index (χ0n) is 21.9. The number of unbranched alkanes of at least 4 members (excludes halogenated alkanes) is 9. The van der Waals surface area contributed by atoms with Crippen LogP contribution in [0.1, 0.15) is 77.6 Å². The van der Waals surface area contributed by atoms with Crippen LogP contribution in [0.5, 0.6) is 5.75 Å². The number of hydrogen-bond acceptors (Lipinski definition) is 2. The Balaban J connectivity index is 0. The second-order valence-corrected chi connectivity index (χ2v) is 26.9. The van der Waals surface area contributed by atoms with Crippen molar-refractivity contribution in [2.24, 2.45) is 0 Å². The molecule has 39 heavy (non-hydrogen) atoms. The molecule has 0 aliphatic heterocycles. The molecule has 0 fully saturated rings. The van der Waals surface area contributed by atoms with Gasteiger partial charge in [0, 0.05) is 0 Å². The van der Waals surface area contributed by atoms with Crippen molar-refractivity contribution in [2.75, 3.05) is 6.61 Å². The van der Waals surface area contributed by atoms with Gasteiger partial charge in [0.2, 0.25) is 0 Å². The van der Waals surface area contributed by atoms with Crippen molar-refractivity contribution >= 4 is 60.3 Å². The Bertz CT molecular complexity index is 802. The molecule has 0 bridgehead atoms. The molecule has 0 spiro atoms. The van der Waals surface area contributed by atoms with Crippen LogP contribution < -0.4 is 30.6 Å². The van der Waals surface area contributed by atoms with E-state index in [1.165, 1.54) is 64.9 Å². The van der Waals surface area contributed by atoms with E-state index >= 15 is 0 Å². The first-order valence-electron chi connectivity index (χ1n) is 12.6. The molecule has 227 valence electrons. The summed E-state index contributed by atoms with van der Waals surface area (Å²) in [5.74, 6) is 0.855. The van der Waals surface area contributed by atoms with Crippen molar-refractivity contribution in [3.8, 4) is 5.75 Å². The number of aliphatic hydroxyl groups is 1. The van der Waals surface area contributed by atoms with Gasteiger partial charge in [0.15, 0.2) is 7.14 Å². The molecule has 0 heterocycles. The third-order valence-electron chi connectivity index (χ3n) is 5.10. The second kappa shape index (κ2) is 25.8. The SMILES string of the molecule is CCCCCCCCCCCCC(O)COc1ccc([I+]c2ccccc2)cc1.[F-].[F][Sb]([F])([F])([F])[F].[I][V][I]. The Morgan fingerprint density at radius 3 is 1.64 bits per heavy atom. The monoisotopic (exact) mass is 1050 g/mol. The number of ether oxygens (including phenoxy) is 1. The number of halogens is 9. The predicted octanol–water partition coefficient (Wildman–Crippen LogP) is 4.36. The predicted molar refractivity (Wildman–Crippen MR) is 158 cm³/mol. The van der Waals surface area contributed by atoms with Crippen LogP contribution in [0, 0.1) is 7.14 Å². The van der Waals surface area contributed by atoms with E-state index in [0.29, 0.717) is 16.1 Å². The van der Waals surface area contributed by atoms with Gasteiger partial charge in [0.25, 0.3) is 0 Å². The molecule has 2 aromatic rings. The molecule has 0 amide bonds. The molecule has 13 heteroatoms. The third kappa shape index (κ3) is 33.7. The van der Waals surface area contributed by atoms with E-state index in [9.17, 15) is 19.2 Å². The summed E-state index contributed by atoms with van der Waals surface area (Å²) in [6, 6.07) is 19.0. The number of rotatable bonds is 16. The summed E-state index contributed by atoms with van der Waals surface area (Å²) in [7, 11) is 0.628. The van der Waals surface area contributed by atoms with E-state index in [0.717, 1.165) is 18.6 Å². The summed E-state index contributed by atoms with van der Waals surface area (Å²) < 4.78 is 58.1. The van der Waals surface area contributed by atoms with E-state index < -0.39 is 20.3 Å². The van der Waals surface area contributed by atoms with E-state index in [4.69, 9.17) is 4.74 Å².